The summed E-state index contributed by atoms with van der Waals surface area (Å²) in [7, 11) is 0. The molecule has 2 aliphatic heterocycles. The van der Waals surface area contributed by atoms with Gasteiger partial charge in [-0.05, 0) is 0 Å². The van der Waals surface area contributed by atoms with Crippen molar-refractivity contribution in [2.24, 2.45) is 5.73 Å². The Labute approximate surface area is 61.5 Å². The Balaban J connectivity index is 2.19. The van der Waals surface area contributed by atoms with Crippen LogP contribution in [0.4, 0.5) is 13.2 Å². The molecule has 0 atom stereocenters. The van der Waals surface area contributed by atoms with Gasteiger partial charge in [-0.2, -0.15) is 13.2 Å². The number of rotatable bonds is 0. The summed E-state index contributed by atoms with van der Waals surface area (Å²) in [6.45, 7) is 0.0481. The van der Waals surface area contributed by atoms with Gasteiger partial charge < -0.3 is 10.5 Å². The molecule has 0 amide bonds. The van der Waals surface area contributed by atoms with Gasteiger partial charge >= 0.3 is 6.18 Å². The predicted molar refractivity (Wildman–Crippen MR) is 30.9 cm³/mol. The lowest BCUT2D eigenvalue weighted by Crippen LogP contribution is -2.61. The molecule has 1 aliphatic carbocycles. The summed E-state index contributed by atoms with van der Waals surface area (Å²) in [5.41, 5.74) is 2.93. The summed E-state index contributed by atoms with van der Waals surface area (Å²) in [5.74, 6) is 0. The van der Waals surface area contributed by atoms with Gasteiger partial charge in [0.2, 0.25) is 0 Å². The lowest BCUT2D eigenvalue weighted by atomic mass is 9.69. The monoisotopic (exact) mass is 167 g/mol. The Hall–Kier alpha value is -0.290. The van der Waals surface area contributed by atoms with E-state index in [2.05, 4.69) is 4.74 Å². The van der Waals surface area contributed by atoms with Crippen molar-refractivity contribution in [3.05, 3.63) is 0 Å². The zero-order valence-corrected chi connectivity index (χ0v) is 5.74. The van der Waals surface area contributed by atoms with E-state index in [0.29, 0.717) is 0 Å². The highest BCUT2D eigenvalue weighted by molar-refractivity contribution is 5.18. The number of hydrogen-bond donors (Lipinski definition) is 1. The topological polar surface area (TPSA) is 35.2 Å². The van der Waals surface area contributed by atoms with E-state index in [1.54, 1.807) is 0 Å². The number of halogens is 3. The van der Waals surface area contributed by atoms with Crippen LogP contribution in [0.5, 0.6) is 0 Å². The third kappa shape index (κ3) is 0.752. The van der Waals surface area contributed by atoms with E-state index in [1.807, 2.05) is 0 Å². The summed E-state index contributed by atoms with van der Waals surface area (Å²) < 4.78 is 41.1. The third-order valence-electron chi connectivity index (χ3n) is 2.43. The van der Waals surface area contributed by atoms with Gasteiger partial charge in [0.1, 0.15) is 0 Å². The molecule has 2 bridgehead atoms. The van der Waals surface area contributed by atoms with Gasteiger partial charge in [0, 0.05) is 18.4 Å². The molecule has 5 heteroatoms. The summed E-state index contributed by atoms with van der Waals surface area (Å²) in [5, 5.41) is 0. The fraction of sp³-hybridized carbons (Fsp3) is 1.00. The molecule has 2 nitrogen and oxygen atoms in total. The van der Waals surface area contributed by atoms with Gasteiger partial charge in [0.25, 0.3) is 0 Å². The van der Waals surface area contributed by atoms with E-state index in [1.165, 1.54) is 0 Å². The molecular weight excluding hydrogens is 159 g/mol. The van der Waals surface area contributed by atoms with Crippen molar-refractivity contribution in [2.45, 2.75) is 30.2 Å². The van der Waals surface area contributed by atoms with E-state index < -0.39 is 17.3 Å². The molecule has 0 radical (unpaired) electrons. The number of alkyl halides is 3. The van der Waals surface area contributed by atoms with Crippen molar-refractivity contribution in [2.75, 3.05) is 6.61 Å². The molecule has 3 aliphatic rings. The van der Waals surface area contributed by atoms with Crippen molar-refractivity contribution >= 4 is 0 Å². The first-order chi connectivity index (χ1) is 4.87. The minimum atomic E-state index is -4.24. The smallest absolute Gasteiger partial charge is 0.363 e. The highest BCUT2D eigenvalue weighted by atomic mass is 19.4. The lowest BCUT2D eigenvalue weighted by Gasteiger charge is -2.42. The van der Waals surface area contributed by atoms with Crippen LogP contribution >= 0.6 is 0 Å². The van der Waals surface area contributed by atoms with Gasteiger partial charge in [-0.25, -0.2) is 0 Å². The normalized spacial score (nSPS) is 49.1. The molecular formula is C6H8F3NO. The molecule has 0 aromatic rings. The summed E-state index contributed by atoms with van der Waals surface area (Å²) in [6, 6.07) is 0. The standard InChI is InChI=1S/C6H8F3NO/c7-6(8,9)5-1-4(10,2-5)3-11-5/h1-3,10H2. The molecule has 0 aromatic heterocycles. The third-order valence-corrected chi connectivity index (χ3v) is 2.43. The Morgan fingerprint density at radius 3 is 2.00 bits per heavy atom. The van der Waals surface area contributed by atoms with E-state index in [4.69, 9.17) is 5.73 Å². The summed E-state index contributed by atoms with van der Waals surface area (Å²) in [6.07, 6.45) is -4.38. The van der Waals surface area contributed by atoms with Crippen molar-refractivity contribution in [3.8, 4) is 0 Å². The summed E-state index contributed by atoms with van der Waals surface area (Å²) in [4.78, 5) is 0. The molecule has 1 saturated carbocycles. The number of fused-ring (bicyclic) bond motifs is 1. The maximum absolute atomic E-state index is 12.2. The van der Waals surface area contributed by atoms with Crippen molar-refractivity contribution in [1.82, 2.24) is 0 Å². The second kappa shape index (κ2) is 1.56. The minimum Gasteiger partial charge on any atom is -0.363 e. The van der Waals surface area contributed by atoms with Gasteiger partial charge in [0.05, 0.1) is 6.61 Å². The molecule has 2 saturated heterocycles. The maximum Gasteiger partial charge on any atom is 0.417 e. The zero-order chi connectivity index (χ0) is 8.33. The molecule has 0 spiro atoms. The van der Waals surface area contributed by atoms with Crippen LogP contribution in [0.2, 0.25) is 0 Å². The highest BCUT2D eigenvalue weighted by Crippen LogP contribution is 2.57. The first-order valence-electron chi connectivity index (χ1n) is 3.37. The number of nitrogens with two attached hydrogens (primary N) is 1. The van der Waals surface area contributed by atoms with Crippen LogP contribution < -0.4 is 5.73 Å². The van der Waals surface area contributed by atoms with Crippen molar-refractivity contribution in [1.29, 1.82) is 0 Å². The first-order valence-corrected chi connectivity index (χ1v) is 3.37. The fourth-order valence-electron chi connectivity index (χ4n) is 1.85. The molecule has 0 aromatic carbocycles. The SMILES string of the molecule is NC12COC(C(F)(F)F)(C1)C2. The predicted octanol–water partition coefficient (Wildman–Crippen LogP) is 0.809. The Morgan fingerprint density at radius 2 is 1.82 bits per heavy atom. The van der Waals surface area contributed by atoms with Crippen LogP contribution in [0.15, 0.2) is 0 Å². The van der Waals surface area contributed by atoms with Crippen LogP contribution in [-0.4, -0.2) is 23.9 Å². The Morgan fingerprint density at radius 1 is 1.27 bits per heavy atom. The average Bonchev–Trinajstić information content (AvgIpc) is 2.16. The van der Waals surface area contributed by atoms with E-state index >= 15 is 0 Å². The lowest BCUT2D eigenvalue weighted by molar-refractivity contribution is -0.272. The van der Waals surface area contributed by atoms with Crippen LogP contribution in [0.25, 0.3) is 0 Å². The van der Waals surface area contributed by atoms with E-state index in [-0.39, 0.29) is 19.4 Å². The van der Waals surface area contributed by atoms with Gasteiger partial charge in [-0.1, -0.05) is 0 Å². The average molecular weight is 167 g/mol. The van der Waals surface area contributed by atoms with Crippen molar-refractivity contribution < 1.29 is 17.9 Å². The Bertz CT molecular complexity index is 194. The zero-order valence-electron chi connectivity index (χ0n) is 5.74. The van der Waals surface area contributed by atoms with Crippen LogP contribution in [-0.2, 0) is 4.74 Å². The molecule has 2 N–H and O–H groups in total. The molecule has 11 heavy (non-hydrogen) atoms. The quantitative estimate of drug-likeness (QED) is 0.579. The van der Waals surface area contributed by atoms with Crippen LogP contribution in [0.3, 0.4) is 0 Å². The van der Waals surface area contributed by atoms with Crippen molar-refractivity contribution in [3.63, 3.8) is 0 Å². The van der Waals surface area contributed by atoms with Gasteiger partial charge in [0.15, 0.2) is 5.60 Å². The molecule has 3 fully saturated rings. The van der Waals surface area contributed by atoms with Gasteiger partial charge in [-0.3, -0.25) is 0 Å². The number of hydrogen-bond acceptors (Lipinski definition) is 2. The molecule has 2 heterocycles. The van der Waals surface area contributed by atoms with Crippen LogP contribution in [0.1, 0.15) is 12.8 Å². The van der Waals surface area contributed by atoms with Crippen LogP contribution in [0, 0.1) is 0 Å². The molecule has 0 unspecified atom stereocenters. The van der Waals surface area contributed by atoms with E-state index in [9.17, 15) is 13.2 Å². The fourth-order valence-corrected chi connectivity index (χ4v) is 1.85. The minimum absolute atomic E-state index is 0.0481. The van der Waals surface area contributed by atoms with E-state index in [0.717, 1.165) is 0 Å². The largest absolute Gasteiger partial charge is 0.417 e. The highest BCUT2D eigenvalue weighted by Gasteiger charge is 2.72. The molecule has 3 rings (SSSR count). The number of ether oxygens (including phenoxy) is 1. The second-order valence-corrected chi connectivity index (χ2v) is 3.50. The first kappa shape index (κ1) is 7.36. The maximum atomic E-state index is 12.2. The second-order valence-electron chi connectivity index (χ2n) is 3.50. The Kier molecular flexibility index (Phi) is 1.05. The van der Waals surface area contributed by atoms with Gasteiger partial charge in [-0.15, -0.1) is 0 Å². The molecule has 64 valence electrons. The summed E-state index contributed by atoms with van der Waals surface area (Å²) >= 11 is 0.